The van der Waals surface area contributed by atoms with E-state index in [0.717, 1.165) is 5.56 Å². The first kappa shape index (κ1) is 18.4. The lowest BCUT2D eigenvalue weighted by molar-refractivity contribution is -0.0258. The summed E-state index contributed by atoms with van der Waals surface area (Å²) in [6.45, 7) is 0.0605. The van der Waals surface area contributed by atoms with Crippen LogP contribution in [0.5, 0.6) is 0 Å². The number of hydrogen-bond acceptors (Lipinski definition) is 5. The van der Waals surface area contributed by atoms with E-state index in [-0.39, 0.29) is 22.1 Å². The molecule has 0 radical (unpaired) electrons. The fourth-order valence-electron chi connectivity index (χ4n) is 1.87. The Labute approximate surface area is 145 Å². The zero-order chi connectivity index (χ0) is 17.7. The van der Waals surface area contributed by atoms with Gasteiger partial charge in [-0.15, -0.1) is 0 Å². The highest BCUT2D eigenvalue weighted by atomic mass is 35.5. The molecule has 8 heteroatoms. The van der Waals surface area contributed by atoms with Gasteiger partial charge >= 0.3 is 5.97 Å². The van der Waals surface area contributed by atoms with Gasteiger partial charge in [0.25, 0.3) is 10.0 Å². The predicted molar refractivity (Wildman–Crippen MR) is 89.0 cm³/mol. The third kappa shape index (κ3) is 4.12. The monoisotopic (exact) mass is 369 g/mol. The highest BCUT2D eigenvalue weighted by molar-refractivity contribution is 7.89. The predicted octanol–water partition coefficient (Wildman–Crippen LogP) is 2.88. The molecule has 128 valence electrons. The van der Waals surface area contributed by atoms with Crippen LogP contribution in [0.3, 0.4) is 0 Å². The topological polar surface area (TPSA) is 72.9 Å². The molecule has 0 N–H and O–H groups in total. The molecule has 0 spiro atoms. The van der Waals surface area contributed by atoms with Crippen molar-refractivity contribution >= 4 is 27.6 Å². The molecule has 0 amide bonds. The average molecular weight is 370 g/mol. The molecule has 0 saturated heterocycles. The summed E-state index contributed by atoms with van der Waals surface area (Å²) in [5, 5.41) is 0.104. The summed E-state index contributed by atoms with van der Waals surface area (Å²) < 4.78 is 30.3. The first-order valence-corrected chi connectivity index (χ1v) is 8.71. The number of sulfonamides is 1. The standard InChI is InChI=1S/C16H16ClNO5S/c1-18(22-2)24(20,21)13-8-9-15(17)14(10-13)16(19)23-11-12-6-4-3-5-7-12/h3-10H,11H2,1-2H3. The Morgan fingerprint density at radius 1 is 1.17 bits per heavy atom. The van der Waals surface area contributed by atoms with Gasteiger partial charge in [0.1, 0.15) is 6.61 Å². The minimum atomic E-state index is -3.88. The number of ether oxygens (including phenoxy) is 1. The van der Waals surface area contributed by atoms with Gasteiger partial charge in [-0.25, -0.2) is 13.2 Å². The van der Waals surface area contributed by atoms with Crippen LogP contribution in [-0.4, -0.2) is 33.0 Å². The molecule has 24 heavy (non-hydrogen) atoms. The largest absolute Gasteiger partial charge is 0.457 e. The van der Waals surface area contributed by atoms with Crippen molar-refractivity contribution in [2.45, 2.75) is 11.5 Å². The van der Waals surface area contributed by atoms with E-state index in [1.165, 1.54) is 32.4 Å². The van der Waals surface area contributed by atoms with E-state index in [9.17, 15) is 13.2 Å². The fourth-order valence-corrected chi connectivity index (χ4v) is 3.06. The highest BCUT2D eigenvalue weighted by Gasteiger charge is 2.23. The van der Waals surface area contributed by atoms with Gasteiger partial charge in [-0.05, 0) is 23.8 Å². The maximum atomic E-state index is 12.2. The van der Waals surface area contributed by atoms with E-state index in [2.05, 4.69) is 0 Å². The first-order chi connectivity index (χ1) is 11.4. The number of halogens is 1. The van der Waals surface area contributed by atoms with Crippen LogP contribution in [0.2, 0.25) is 5.02 Å². The fraction of sp³-hybridized carbons (Fsp3) is 0.188. The Bertz CT molecular complexity index is 824. The number of carbonyl (C=O) groups excluding carboxylic acids is 1. The Morgan fingerprint density at radius 2 is 1.83 bits per heavy atom. The molecule has 0 aliphatic heterocycles. The van der Waals surface area contributed by atoms with E-state index in [1.54, 1.807) is 0 Å². The number of hydroxylamine groups is 1. The molecule has 0 unspecified atom stereocenters. The molecule has 0 atom stereocenters. The lowest BCUT2D eigenvalue weighted by Gasteiger charge is -2.15. The number of rotatable bonds is 6. The highest BCUT2D eigenvalue weighted by Crippen LogP contribution is 2.23. The molecule has 0 aliphatic rings. The summed E-state index contributed by atoms with van der Waals surface area (Å²) in [5.41, 5.74) is 0.781. The molecule has 0 fully saturated rings. The van der Waals surface area contributed by atoms with Gasteiger partial charge < -0.3 is 4.74 Å². The zero-order valence-corrected chi connectivity index (χ0v) is 14.7. The van der Waals surface area contributed by atoms with E-state index < -0.39 is 16.0 Å². The van der Waals surface area contributed by atoms with Gasteiger partial charge in [-0.1, -0.05) is 46.4 Å². The smallest absolute Gasteiger partial charge is 0.340 e. The number of carbonyl (C=O) groups is 1. The number of nitrogens with zero attached hydrogens (tertiary/aromatic N) is 1. The third-order valence-corrected chi connectivity index (χ3v) is 5.27. The van der Waals surface area contributed by atoms with Gasteiger partial charge in [0.05, 0.1) is 22.6 Å². The molecule has 2 aromatic carbocycles. The molecular weight excluding hydrogens is 354 g/mol. The van der Waals surface area contributed by atoms with Crippen LogP contribution < -0.4 is 0 Å². The summed E-state index contributed by atoms with van der Waals surface area (Å²) in [4.78, 5) is 16.8. The van der Waals surface area contributed by atoms with Crippen LogP contribution in [0.15, 0.2) is 53.4 Å². The van der Waals surface area contributed by atoms with Crippen molar-refractivity contribution in [2.24, 2.45) is 0 Å². The lowest BCUT2D eigenvalue weighted by atomic mass is 10.2. The maximum Gasteiger partial charge on any atom is 0.340 e. The van der Waals surface area contributed by atoms with E-state index >= 15 is 0 Å². The zero-order valence-electron chi connectivity index (χ0n) is 13.1. The second kappa shape index (κ2) is 7.76. The summed E-state index contributed by atoms with van der Waals surface area (Å²) in [6, 6.07) is 12.9. The third-order valence-electron chi connectivity index (χ3n) is 3.26. The van der Waals surface area contributed by atoms with Gasteiger partial charge in [0.15, 0.2) is 0 Å². The SMILES string of the molecule is CON(C)S(=O)(=O)c1ccc(Cl)c(C(=O)OCc2ccccc2)c1. The van der Waals surface area contributed by atoms with Crippen molar-refractivity contribution in [3.8, 4) is 0 Å². The molecule has 2 aromatic rings. The van der Waals surface area contributed by atoms with Crippen molar-refractivity contribution in [1.29, 1.82) is 0 Å². The second-order valence-electron chi connectivity index (χ2n) is 4.80. The molecule has 0 aliphatic carbocycles. The molecular formula is C16H16ClNO5S. The Hall–Kier alpha value is -1.93. The van der Waals surface area contributed by atoms with Crippen LogP contribution in [0.1, 0.15) is 15.9 Å². The molecule has 6 nitrogen and oxygen atoms in total. The van der Waals surface area contributed by atoms with Crippen LogP contribution in [0.4, 0.5) is 0 Å². The first-order valence-electron chi connectivity index (χ1n) is 6.90. The van der Waals surface area contributed by atoms with Crippen molar-refractivity contribution in [3.05, 3.63) is 64.7 Å². The molecule has 0 heterocycles. The number of benzene rings is 2. The van der Waals surface area contributed by atoms with E-state index in [4.69, 9.17) is 21.2 Å². The Morgan fingerprint density at radius 3 is 2.46 bits per heavy atom. The lowest BCUT2D eigenvalue weighted by Crippen LogP contribution is -2.26. The van der Waals surface area contributed by atoms with Crippen molar-refractivity contribution < 1.29 is 22.8 Å². The van der Waals surface area contributed by atoms with Crippen LogP contribution in [0.25, 0.3) is 0 Å². The summed E-state index contributed by atoms with van der Waals surface area (Å²) >= 11 is 6.00. The van der Waals surface area contributed by atoms with Crippen LogP contribution >= 0.6 is 11.6 Å². The number of esters is 1. The normalized spacial score (nSPS) is 11.5. The van der Waals surface area contributed by atoms with Crippen molar-refractivity contribution in [3.63, 3.8) is 0 Å². The van der Waals surface area contributed by atoms with Gasteiger partial charge in [0.2, 0.25) is 0 Å². The number of hydrogen-bond donors (Lipinski definition) is 0. The average Bonchev–Trinajstić information content (AvgIpc) is 2.60. The Kier molecular flexibility index (Phi) is 5.95. The second-order valence-corrected chi connectivity index (χ2v) is 7.14. The minimum Gasteiger partial charge on any atom is -0.457 e. The molecule has 0 aromatic heterocycles. The summed E-state index contributed by atoms with van der Waals surface area (Å²) in [6.07, 6.45) is 0. The van der Waals surface area contributed by atoms with E-state index in [0.29, 0.717) is 4.47 Å². The van der Waals surface area contributed by atoms with E-state index in [1.807, 2.05) is 30.3 Å². The van der Waals surface area contributed by atoms with Crippen LogP contribution in [0, 0.1) is 0 Å². The molecule has 0 saturated carbocycles. The van der Waals surface area contributed by atoms with Crippen LogP contribution in [-0.2, 0) is 26.2 Å². The quantitative estimate of drug-likeness (QED) is 0.578. The Balaban J connectivity index is 2.24. The summed E-state index contributed by atoms with van der Waals surface area (Å²) in [7, 11) is -1.41. The van der Waals surface area contributed by atoms with Gasteiger partial charge in [0, 0.05) is 7.05 Å². The van der Waals surface area contributed by atoms with Crippen molar-refractivity contribution in [2.75, 3.05) is 14.2 Å². The summed E-state index contributed by atoms with van der Waals surface area (Å²) in [5.74, 6) is -0.707. The molecule has 2 rings (SSSR count). The minimum absolute atomic E-state index is 0.0295. The maximum absolute atomic E-state index is 12.2. The van der Waals surface area contributed by atoms with Gasteiger partial charge in [-0.3, -0.25) is 4.84 Å². The molecule has 0 bridgehead atoms. The van der Waals surface area contributed by atoms with Crippen molar-refractivity contribution in [1.82, 2.24) is 4.47 Å². The van der Waals surface area contributed by atoms with Gasteiger partial charge in [-0.2, -0.15) is 0 Å².